The van der Waals surface area contributed by atoms with E-state index in [-0.39, 0.29) is 24.5 Å². The molecule has 0 heterocycles. The van der Waals surface area contributed by atoms with E-state index in [0.29, 0.717) is 18.0 Å². The number of carbonyl (C=O) groups excluding carboxylic acids is 1. The summed E-state index contributed by atoms with van der Waals surface area (Å²) < 4.78 is 5.38. The molecular formula is C15H22N2O3. The minimum atomic E-state index is -0.174. The SMILES string of the molecule is Nc1cccc(OCC(=O)NCC2(CO)CCCC2)c1. The van der Waals surface area contributed by atoms with Crippen LogP contribution in [0.2, 0.25) is 0 Å². The first-order valence-electron chi connectivity index (χ1n) is 6.99. The first-order valence-corrected chi connectivity index (χ1v) is 6.99. The zero-order valence-corrected chi connectivity index (χ0v) is 11.6. The van der Waals surface area contributed by atoms with Crippen LogP contribution in [0.25, 0.3) is 0 Å². The summed E-state index contributed by atoms with van der Waals surface area (Å²) in [6, 6.07) is 6.98. The van der Waals surface area contributed by atoms with Gasteiger partial charge in [-0.2, -0.15) is 0 Å². The maximum absolute atomic E-state index is 11.8. The van der Waals surface area contributed by atoms with Crippen molar-refractivity contribution in [3.05, 3.63) is 24.3 Å². The average molecular weight is 278 g/mol. The number of nitrogens with two attached hydrogens (primary N) is 1. The number of carbonyl (C=O) groups is 1. The number of rotatable bonds is 6. The second-order valence-corrected chi connectivity index (χ2v) is 5.50. The van der Waals surface area contributed by atoms with Crippen LogP contribution in [0, 0.1) is 5.41 Å². The normalized spacial score (nSPS) is 16.9. The van der Waals surface area contributed by atoms with Gasteiger partial charge in [0.2, 0.25) is 0 Å². The highest BCUT2D eigenvalue weighted by atomic mass is 16.5. The quantitative estimate of drug-likeness (QED) is 0.685. The lowest BCUT2D eigenvalue weighted by molar-refractivity contribution is -0.123. The van der Waals surface area contributed by atoms with Crippen LogP contribution in [0.1, 0.15) is 25.7 Å². The highest BCUT2D eigenvalue weighted by molar-refractivity contribution is 5.77. The molecule has 5 heteroatoms. The molecule has 2 rings (SSSR count). The number of nitrogens with one attached hydrogen (secondary N) is 1. The van der Waals surface area contributed by atoms with Gasteiger partial charge < -0.3 is 20.9 Å². The van der Waals surface area contributed by atoms with Crippen molar-refractivity contribution in [2.75, 3.05) is 25.5 Å². The van der Waals surface area contributed by atoms with Crippen LogP contribution in [-0.4, -0.2) is 30.8 Å². The smallest absolute Gasteiger partial charge is 0.257 e. The molecule has 20 heavy (non-hydrogen) atoms. The molecule has 0 saturated heterocycles. The zero-order chi connectivity index (χ0) is 14.4. The Hall–Kier alpha value is -1.75. The number of aliphatic hydroxyl groups is 1. The summed E-state index contributed by atoms with van der Waals surface area (Å²) in [6.45, 7) is 0.608. The van der Waals surface area contributed by atoms with E-state index in [1.807, 2.05) is 0 Å². The molecule has 0 spiro atoms. The Morgan fingerprint density at radius 2 is 2.15 bits per heavy atom. The molecule has 5 nitrogen and oxygen atoms in total. The molecule has 0 aliphatic heterocycles. The molecule has 0 radical (unpaired) electrons. The number of hydrogen-bond donors (Lipinski definition) is 3. The van der Waals surface area contributed by atoms with Crippen LogP contribution in [0.5, 0.6) is 5.75 Å². The van der Waals surface area contributed by atoms with Crippen LogP contribution in [0.15, 0.2) is 24.3 Å². The van der Waals surface area contributed by atoms with Gasteiger partial charge in [0, 0.05) is 23.7 Å². The van der Waals surface area contributed by atoms with Crippen molar-refractivity contribution >= 4 is 11.6 Å². The monoisotopic (exact) mass is 278 g/mol. The van der Waals surface area contributed by atoms with Crippen molar-refractivity contribution in [3.8, 4) is 5.75 Å². The first-order chi connectivity index (χ1) is 9.63. The van der Waals surface area contributed by atoms with E-state index >= 15 is 0 Å². The van der Waals surface area contributed by atoms with Crippen molar-refractivity contribution < 1.29 is 14.6 Å². The Bertz CT molecular complexity index is 456. The number of benzene rings is 1. The number of ether oxygens (including phenoxy) is 1. The van der Waals surface area contributed by atoms with Crippen molar-refractivity contribution in [2.45, 2.75) is 25.7 Å². The second-order valence-electron chi connectivity index (χ2n) is 5.50. The van der Waals surface area contributed by atoms with Crippen LogP contribution in [-0.2, 0) is 4.79 Å². The summed E-state index contributed by atoms with van der Waals surface area (Å²) in [5, 5.41) is 12.3. The highest BCUT2D eigenvalue weighted by Crippen LogP contribution is 2.36. The maximum atomic E-state index is 11.8. The fraction of sp³-hybridized carbons (Fsp3) is 0.533. The number of nitrogen functional groups attached to an aromatic ring is 1. The summed E-state index contributed by atoms with van der Waals surface area (Å²) in [7, 11) is 0. The number of anilines is 1. The molecular weight excluding hydrogens is 256 g/mol. The summed E-state index contributed by atoms with van der Waals surface area (Å²) in [5.74, 6) is 0.407. The molecule has 1 aromatic rings. The Morgan fingerprint density at radius 3 is 2.80 bits per heavy atom. The van der Waals surface area contributed by atoms with Crippen LogP contribution in [0.4, 0.5) is 5.69 Å². The zero-order valence-electron chi connectivity index (χ0n) is 11.6. The molecule has 0 unspecified atom stereocenters. The van der Waals surface area contributed by atoms with Gasteiger partial charge in [-0.05, 0) is 25.0 Å². The molecule has 1 fully saturated rings. The maximum Gasteiger partial charge on any atom is 0.257 e. The Morgan fingerprint density at radius 1 is 1.40 bits per heavy atom. The lowest BCUT2D eigenvalue weighted by Gasteiger charge is -2.26. The van der Waals surface area contributed by atoms with Crippen molar-refractivity contribution in [3.63, 3.8) is 0 Å². The molecule has 1 aromatic carbocycles. The largest absolute Gasteiger partial charge is 0.484 e. The van der Waals surface area contributed by atoms with E-state index in [1.165, 1.54) is 0 Å². The topological polar surface area (TPSA) is 84.6 Å². The van der Waals surface area contributed by atoms with E-state index in [2.05, 4.69) is 5.32 Å². The third kappa shape index (κ3) is 3.87. The summed E-state index contributed by atoms with van der Waals surface area (Å²) in [6.07, 6.45) is 4.19. The van der Waals surface area contributed by atoms with Gasteiger partial charge in [-0.3, -0.25) is 4.79 Å². The molecule has 1 aliphatic carbocycles. The van der Waals surface area contributed by atoms with E-state index < -0.39 is 0 Å². The Labute approximate surface area is 119 Å². The van der Waals surface area contributed by atoms with Crippen molar-refractivity contribution in [1.29, 1.82) is 0 Å². The first kappa shape index (κ1) is 14.7. The summed E-state index contributed by atoms with van der Waals surface area (Å²) >= 11 is 0. The van der Waals surface area contributed by atoms with E-state index in [0.717, 1.165) is 25.7 Å². The highest BCUT2D eigenvalue weighted by Gasteiger charge is 2.33. The Kier molecular flexibility index (Phi) is 4.84. The summed E-state index contributed by atoms with van der Waals surface area (Å²) in [5.41, 5.74) is 6.11. The molecule has 0 bridgehead atoms. The van der Waals surface area contributed by atoms with Gasteiger partial charge in [0.1, 0.15) is 5.75 Å². The fourth-order valence-electron chi connectivity index (χ4n) is 2.61. The van der Waals surface area contributed by atoms with Gasteiger partial charge in [-0.15, -0.1) is 0 Å². The lowest BCUT2D eigenvalue weighted by Crippen LogP contribution is -2.40. The van der Waals surface area contributed by atoms with Gasteiger partial charge in [0.05, 0.1) is 6.61 Å². The standard InChI is InChI=1S/C15H22N2O3/c16-12-4-3-5-13(8-12)20-9-14(19)17-10-15(11-18)6-1-2-7-15/h3-5,8,18H,1-2,6-7,9-11,16H2,(H,17,19). The molecule has 1 amide bonds. The molecule has 4 N–H and O–H groups in total. The van der Waals surface area contributed by atoms with E-state index in [1.54, 1.807) is 24.3 Å². The summed E-state index contributed by atoms with van der Waals surface area (Å²) in [4.78, 5) is 11.8. The average Bonchev–Trinajstić information content (AvgIpc) is 2.92. The van der Waals surface area contributed by atoms with Crippen LogP contribution >= 0.6 is 0 Å². The molecule has 0 atom stereocenters. The Balaban J connectivity index is 1.75. The van der Waals surface area contributed by atoms with E-state index in [9.17, 15) is 9.90 Å². The van der Waals surface area contributed by atoms with Crippen molar-refractivity contribution in [1.82, 2.24) is 5.32 Å². The third-order valence-corrected chi connectivity index (χ3v) is 3.89. The number of amides is 1. The van der Waals surface area contributed by atoms with Crippen LogP contribution in [0.3, 0.4) is 0 Å². The van der Waals surface area contributed by atoms with Gasteiger partial charge in [-0.1, -0.05) is 18.9 Å². The van der Waals surface area contributed by atoms with Gasteiger partial charge >= 0.3 is 0 Å². The van der Waals surface area contributed by atoms with Gasteiger partial charge in [0.25, 0.3) is 5.91 Å². The number of hydrogen-bond acceptors (Lipinski definition) is 4. The molecule has 110 valence electrons. The molecule has 1 saturated carbocycles. The minimum Gasteiger partial charge on any atom is -0.484 e. The molecule has 1 aliphatic rings. The third-order valence-electron chi connectivity index (χ3n) is 3.89. The fourth-order valence-corrected chi connectivity index (χ4v) is 2.61. The molecule has 0 aromatic heterocycles. The number of aliphatic hydroxyl groups excluding tert-OH is 1. The second kappa shape index (κ2) is 6.61. The predicted octanol–water partition coefficient (Wildman–Crippen LogP) is 1.32. The van der Waals surface area contributed by atoms with E-state index in [4.69, 9.17) is 10.5 Å². The predicted molar refractivity (Wildman–Crippen MR) is 77.3 cm³/mol. The van der Waals surface area contributed by atoms with Crippen LogP contribution < -0.4 is 15.8 Å². The van der Waals surface area contributed by atoms with Crippen molar-refractivity contribution in [2.24, 2.45) is 5.41 Å². The van der Waals surface area contributed by atoms with Gasteiger partial charge in [0.15, 0.2) is 6.61 Å². The minimum absolute atomic E-state index is 0.0367. The lowest BCUT2D eigenvalue weighted by atomic mass is 9.87. The van der Waals surface area contributed by atoms with Gasteiger partial charge in [-0.25, -0.2) is 0 Å².